The highest BCUT2D eigenvalue weighted by molar-refractivity contribution is 9.10. The fourth-order valence-electron chi connectivity index (χ4n) is 2.57. The number of ether oxygens (including phenoxy) is 1. The van der Waals surface area contributed by atoms with Gasteiger partial charge in [0.2, 0.25) is 10.0 Å². The van der Waals surface area contributed by atoms with Crippen LogP contribution in [0.25, 0.3) is 0 Å². The quantitative estimate of drug-likeness (QED) is 0.894. The first kappa shape index (κ1) is 15.8. The van der Waals surface area contributed by atoms with Crippen molar-refractivity contribution >= 4 is 26.0 Å². The van der Waals surface area contributed by atoms with E-state index in [0.717, 1.165) is 23.7 Å². The van der Waals surface area contributed by atoms with Gasteiger partial charge >= 0.3 is 0 Å². The molecule has 0 spiro atoms. The zero-order chi connectivity index (χ0) is 14.8. The molecule has 0 radical (unpaired) electrons. The maximum atomic E-state index is 12.4. The van der Waals surface area contributed by atoms with Crippen LogP contribution in [0, 0.1) is 5.92 Å². The zero-order valence-corrected chi connectivity index (χ0v) is 14.1. The summed E-state index contributed by atoms with van der Waals surface area (Å²) >= 11 is 3.33. The molecule has 0 aromatic heterocycles. The second kappa shape index (κ2) is 6.45. The molecule has 1 N–H and O–H groups in total. The van der Waals surface area contributed by atoms with Gasteiger partial charge in [0.1, 0.15) is 5.75 Å². The van der Waals surface area contributed by atoms with Crippen molar-refractivity contribution in [2.45, 2.75) is 43.5 Å². The minimum atomic E-state index is -3.49. The molecule has 0 saturated heterocycles. The van der Waals surface area contributed by atoms with E-state index in [1.165, 1.54) is 13.5 Å². The Morgan fingerprint density at radius 3 is 2.65 bits per heavy atom. The van der Waals surface area contributed by atoms with E-state index in [2.05, 4.69) is 27.6 Å². The number of sulfonamides is 1. The van der Waals surface area contributed by atoms with Crippen molar-refractivity contribution in [1.29, 1.82) is 0 Å². The molecule has 1 aromatic carbocycles. The molecule has 1 aliphatic carbocycles. The van der Waals surface area contributed by atoms with E-state index in [9.17, 15) is 8.42 Å². The molecule has 6 heteroatoms. The summed E-state index contributed by atoms with van der Waals surface area (Å²) in [4.78, 5) is 0.246. The van der Waals surface area contributed by atoms with Crippen LogP contribution in [0.4, 0.5) is 0 Å². The van der Waals surface area contributed by atoms with Gasteiger partial charge in [-0.3, -0.25) is 0 Å². The minimum absolute atomic E-state index is 0.0309. The molecule has 0 unspecified atom stereocenters. The van der Waals surface area contributed by atoms with E-state index in [-0.39, 0.29) is 10.9 Å². The number of methoxy groups -OCH3 is 1. The zero-order valence-electron chi connectivity index (χ0n) is 11.7. The summed E-state index contributed by atoms with van der Waals surface area (Å²) in [6.07, 6.45) is 4.26. The van der Waals surface area contributed by atoms with Gasteiger partial charge < -0.3 is 4.74 Å². The highest BCUT2D eigenvalue weighted by Gasteiger charge is 2.27. The highest BCUT2D eigenvalue weighted by atomic mass is 79.9. The molecule has 0 bridgehead atoms. The monoisotopic (exact) mass is 361 g/mol. The summed E-state index contributed by atoms with van der Waals surface area (Å²) in [5, 5.41) is 0. The molecule has 0 heterocycles. The lowest BCUT2D eigenvalue weighted by molar-refractivity contribution is 0.310. The van der Waals surface area contributed by atoms with E-state index in [1.807, 2.05) is 0 Å². The normalized spacial score (nSPS) is 23.6. The predicted octanol–water partition coefficient (Wildman–Crippen LogP) is 3.31. The minimum Gasteiger partial charge on any atom is -0.496 e. The van der Waals surface area contributed by atoms with Crippen molar-refractivity contribution in [3.63, 3.8) is 0 Å². The summed E-state index contributed by atoms with van der Waals surface area (Å²) in [6, 6.07) is 4.85. The molecule has 1 aromatic rings. The van der Waals surface area contributed by atoms with E-state index in [0.29, 0.717) is 11.7 Å². The van der Waals surface area contributed by atoms with Crippen LogP contribution < -0.4 is 9.46 Å². The number of hydrogen-bond acceptors (Lipinski definition) is 3. The van der Waals surface area contributed by atoms with Gasteiger partial charge in [-0.15, -0.1) is 0 Å². The first-order valence-corrected chi connectivity index (χ1v) is 9.07. The first-order valence-electron chi connectivity index (χ1n) is 6.80. The van der Waals surface area contributed by atoms with E-state index < -0.39 is 10.0 Å². The second-order valence-electron chi connectivity index (χ2n) is 5.29. The van der Waals surface area contributed by atoms with Crippen LogP contribution in [0.15, 0.2) is 27.6 Å². The molecular weight excluding hydrogens is 342 g/mol. The van der Waals surface area contributed by atoms with Crippen LogP contribution in [-0.2, 0) is 10.0 Å². The van der Waals surface area contributed by atoms with E-state index in [4.69, 9.17) is 4.74 Å². The summed E-state index contributed by atoms with van der Waals surface area (Å²) in [5.74, 6) is 0.903. The Hall–Kier alpha value is -0.590. The average molecular weight is 362 g/mol. The molecule has 0 aliphatic heterocycles. The van der Waals surface area contributed by atoms with Crippen molar-refractivity contribution < 1.29 is 13.2 Å². The Balaban J connectivity index is 2.21. The smallest absolute Gasteiger partial charge is 0.240 e. The van der Waals surface area contributed by atoms with Crippen LogP contribution >= 0.6 is 15.9 Å². The molecule has 1 saturated carbocycles. The van der Waals surface area contributed by atoms with Crippen LogP contribution in [0.2, 0.25) is 0 Å². The highest BCUT2D eigenvalue weighted by Crippen LogP contribution is 2.29. The second-order valence-corrected chi connectivity index (χ2v) is 7.85. The number of halogens is 1. The van der Waals surface area contributed by atoms with Gasteiger partial charge in [0.15, 0.2) is 0 Å². The van der Waals surface area contributed by atoms with Crippen LogP contribution in [0.3, 0.4) is 0 Å². The van der Waals surface area contributed by atoms with Crippen LogP contribution in [0.5, 0.6) is 5.75 Å². The average Bonchev–Trinajstić information content (AvgIpc) is 2.41. The van der Waals surface area contributed by atoms with Gasteiger partial charge in [0.25, 0.3) is 0 Å². The number of hydrogen-bond donors (Lipinski definition) is 1. The van der Waals surface area contributed by atoms with Crippen molar-refractivity contribution in [2.75, 3.05) is 7.11 Å². The lowest BCUT2D eigenvalue weighted by Crippen LogP contribution is -2.40. The maximum absolute atomic E-state index is 12.4. The standard InChI is InChI=1S/C14H20BrNO3S/c1-10-5-3-4-6-13(10)16-20(17,18)11-7-8-12(15)14(9-11)19-2/h7-10,13,16H,3-6H2,1-2H3/t10-,13+/m1/s1. The van der Waals surface area contributed by atoms with Gasteiger partial charge in [-0.1, -0.05) is 19.8 Å². The molecule has 2 rings (SSSR count). The lowest BCUT2D eigenvalue weighted by Gasteiger charge is -2.29. The Morgan fingerprint density at radius 2 is 2.00 bits per heavy atom. The fourth-order valence-corrected chi connectivity index (χ4v) is 4.37. The third-order valence-electron chi connectivity index (χ3n) is 3.85. The molecular formula is C14H20BrNO3S. The predicted molar refractivity (Wildman–Crippen MR) is 82.4 cm³/mol. The van der Waals surface area contributed by atoms with Crippen molar-refractivity contribution in [2.24, 2.45) is 5.92 Å². The maximum Gasteiger partial charge on any atom is 0.240 e. The molecule has 2 atom stereocenters. The lowest BCUT2D eigenvalue weighted by atomic mass is 9.87. The van der Waals surface area contributed by atoms with Crippen molar-refractivity contribution in [3.8, 4) is 5.75 Å². The first-order chi connectivity index (χ1) is 9.44. The van der Waals surface area contributed by atoms with Crippen molar-refractivity contribution in [1.82, 2.24) is 4.72 Å². The van der Waals surface area contributed by atoms with Gasteiger partial charge in [-0.2, -0.15) is 0 Å². The number of rotatable bonds is 4. The third-order valence-corrected chi connectivity index (χ3v) is 5.99. The largest absolute Gasteiger partial charge is 0.496 e. The fraction of sp³-hybridized carbons (Fsp3) is 0.571. The SMILES string of the molecule is COc1cc(S(=O)(=O)N[C@H]2CCCC[C@H]2C)ccc1Br. The van der Waals surface area contributed by atoms with Gasteiger partial charge in [0.05, 0.1) is 16.5 Å². The summed E-state index contributed by atoms with van der Waals surface area (Å²) in [6.45, 7) is 2.11. The third kappa shape index (κ3) is 3.54. The summed E-state index contributed by atoms with van der Waals surface area (Å²) < 4.78 is 33.6. The Kier molecular flexibility index (Phi) is 5.09. The van der Waals surface area contributed by atoms with Crippen molar-refractivity contribution in [3.05, 3.63) is 22.7 Å². The van der Waals surface area contributed by atoms with Crippen LogP contribution in [-0.4, -0.2) is 21.6 Å². The van der Waals surface area contributed by atoms with E-state index >= 15 is 0 Å². The van der Waals surface area contributed by atoms with Gasteiger partial charge in [0, 0.05) is 12.1 Å². The molecule has 1 fully saturated rings. The Labute approximate surface area is 129 Å². The van der Waals surface area contributed by atoms with E-state index in [1.54, 1.807) is 18.2 Å². The number of benzene rings is 1. The topological polar surface area (TPSA) is 55.4 Å². The Bertz CT molecular complexity index is 574. The molecule has 4 nitrogen and oxygen atoms in total. The molecule has 112 valence electrons. The Morgan fingerprint density at radius 1 is 1.30 bits per heavy atom. The summed E-state index contributed by atoms with van der Waals surface area (Å²) in [7, 11) is -1.97. The molecule has 20 heavy (non-hydrogen) atoms. The van der Waals surface area contributed by atoms with Gasteiger partial charge in [-0.05, 0) is 46.8 Å². The summed E-state index contributed by atoms with van der Waals surface area (Å²) in [5.41, 5.74) is 0. The van der Waals surface area contributed by atoms with Crippen LogP contribution in [0.1, 0.15) is 32.6 Å². The van der Waals surface area contributed by atoms with Gasteiger partial charge in [-0.25, -0.2) is 13.1 Å². The molecule has 0 amide bonds. The molecule has 1 aliphatic rings. The number of nitrogens with one attached hydrogen (secondary N) is 1.